The molecule has 4 atom stereocenters. The highest BCUT2D eigenvalue weighted by atomic mass is 16.7. The Kier molecular flexibility index (Phi) is 9.76. The van der Waals surface area contributed by atoms with Crippen LogP contribution < -0.4 is 35.1 Å². The topological polar surface area (TPSA) is 174 Å². The Balaban J connectivity index is 1.22. The molecule has 13 heteroatoms. The molecule has 2 amide bonds. The Morgan fingerprint density at radius 2 is 1.44 bits per heavy atom. The average molecular weight is 662 g/mol. The summed E-state index contributed by atoms with van der Waals surface area (Å²) >= 11 is 0. The molecule has 0 bridgehead atoms. The highest BCUT2D eigenvalue weighted by molar-refractivity contribution is 5.90. The number of nitrogens with one attached hydrogen (secondary N) is 3. The molecule has 3 aromatic rings. The minimum absolute atomic E-state index is 0.0906. The third-order valence-electron chi connectivity index (χ3n) is 9.22. The van der Waals surface area contributed by atoms with E-state index >= 15 is 0 Å². The van der Waals surface area contributed by atoms with E-state index in [9.17, 15) is 19.5 Å². The van der Waals surface area contributed by atoms with E-state index in [2.05, 4.69) is 10.6 Å². The Morgan fingerprint density at radius 3 is 2.06 bits per heavy atom. The molecule has 0 unspecified atom stereocenters. The molecule has 2 heterocycles. The zero-order valence-electron chi connectivity index (χ0n) is 26.7. The van der Waals surface area contributed by atoms with Gasteiger partial charge in [-0.15, -0.1) is 0 Å². The molecule has 3 aromatic carbocycles. The van der Waals surface area contributed by atoms with Crippen molar-refractivity contribution in [3.05, 3.63) is 65.2 Å². The van der Waals surface area contributed by atoms with Crippen LogP contribution in [-0.4, -0.2) is 55.7 Å². The van der Waals surface area contributed by atoms with Crippen LogP contribution in [-0.2, 0) is 19.1 Å². The first-order valence-electron chi connectivity index (χ1n) is 16.0. The predicted octanol–water partition coefficient (Wildman–Crippen LogP) is 5.01. The fourth-order valence-electron chi connectivity index (χ4n) is 6.87. The number of anilines is 2. The number of cyclic esters (lactones) is 1. The molecule has 3 aliphatic rings. The van der Waals surface area contributed by atoms with Crippen molar-refractivity contribution >= 4 is 29.2 Å². The first-order valence-corrected chi connectivity index (χ1v) is 16.0. The average Bonchev–Trinajstić information content (AvgIpc) is 3.72. The summed E-state index contributed by atoms with van der Waals surface area (Å²) in [4.78, 5) is 37.0. The summed E-state index contributed by atoms with van der Waals surface area (Å²) in [5.41, 5.74) is 5.57. The van der Waals surface area contributed by atoms with Crippen molar-refractivity contribution in [1.29, 1.82) is 0 Å². The van der Waals surface area contributed by atoms with Gasteiger partial charge in [0.1, 0.15) is 0 Å². The number of hydroxylamine groups is 1. The van der Waals surface area contributed by atoms with E-state index in [1.54, 1.807) is 17.6 Å². The Labute approximate surface area is 277 Å². The third-order valence-corrected chi connectivity index (χ3v) is 9.22. The second-order valence-electron chi connectivity index (χ2n) is 12.1. The molecule has 0 spiro atoms. The van der Waals surface area contributed by atoms with Crippen LogP contribution >= 0.6 is 0 Å². The van der Waals surface area contributed by atoms with Gasteiger partial charge in [0.2, 0.25) is 24.4 Å². The largest absolute Gasteiger partial charge is 0.502 e. The van der Waals surface area contributed by atoms with Crippen molar-refractivity contribution in [3.63, 3.8) is 0 Å². The number of carbonyl (C=O) groups is 3. The minimum Gasteiger partial charge on any atom is -0.502 e. The summed E-state index contributed by atoms with van der Waals surface area (Å²) in [5.74, 6) is -0.566. The number of rotatable bonds is 13. The summed E-state index contributed by atoms with van der Waals surface area (Å²) in [5, 5.41) is 25.7. The van der Waals surface area contributed by atoms with Crippen LogP contribution in [0.5, 0.6) is 28.7 Å². The molecule has 0 saturated carbocycles. The van der Waals surface area contributed by atoms with Crippen LogP contribution in [0.1, 0.15) is 67.2 Å². The summed E-state index contributed by atoms with van der Waals surface area (Å²) in [7, 11) is 2.92. The van der Waals surface area contributed by atoms with Gasteiger partial charge in [0, 0.05) is 36.1 Å². The van der Waals surface area contributed by atoms with Crippen molar-refractivity contribution in [3.8, 4) is 28.7 Å². The van der Waals surface area contributed by atoms with Gasteiger partial charge in [-0.05, 0) is 78.1 Å². The lowest BCUT2D eigenvalue weighted by molar-refractivity contribution is -0.141. The van der Waals surface area contributed by atoms with E-state index < -0.39 is 17.7 Å². The summed E-state index contributed by atoms with van der Waals surface area (Å²) in [6.45, 7) is 0.300. The molecule has 254 valence electrons. The van der Waals surface area contributed by atoms with Crippen LogP contribution in [0.15, 0.2) is 48.5 Å². The van der Waals surface area contributed by atoms with Crippen molar-refractivity contribution in [2.45, 2.75) is 50.5 Å². The molecule has 48 heavy (non-hydrogen) atoms. The zero-order valence-corrected chi connectivity index (χ0v) is 26.7. The quantitative estimate of drug-likeness (QED) is 0.0721. The van der Waals surface area contributed by atoms with Gasteiger partial charge in [-0.2, -0.15) is 0 Å². The number of esters is 1. The first-order chi connectivity index (χ1) is 23.3. The maximum absolute atomic E-state index is 13.4. The highest BCUT2D eigenvalue weighted by Crippen LogP contribution is 2.56. The van der Waals surface area contributed by atoms with E-state index in [1.807, 2.05) is 36.4 Å². The number of phenolic OH excluding ortho intramolecular Hbond substituents is 1. The zero-order chi connectivity index (χ0) is 33.8. The Hall–Kier alpha value is -5.17. The van der Waals surface area contributed by atoms with Gasteiger partial charge >= 0.3 is 5.97 Å². The highest BCUT2D eigenvalue weighted by Gasteiger charge is 2.52. The van der Waals surface area contributed by atoms with E-state index in [-0.39, 0.29) is 60.9 Å². The van der Waals surface area contributed by atoms with E-state index in [4.69, 9.17) is 28.9 Å². The van der Waals surface area contributed by atoms with Crippen LogP contribution in [0.25, 0.3) is 0 Å². The van der Waals surface area contributed by atoms with Gasteiger partial charge in [0.05, 0.1) is 32.8 Å². The molecule has 5 N–H and O–H groups in total. The van der Waals surface area contributed by atoms with Crippen LogP contribution in [0.4, 0.5) is 11.4 Å². The van der Waals surface area contributed by atoms with Gasteiger partial charge in [0.15, 0.2) is 23.0 Å². The number of methoxy groups -OCH3 is 2. The van der Waals surface area contributed by atoms with Crippen molar-refractivity contribution in [1.82, 2.24) is 5.48 Å². The Bertz CT molecular complexity index is 1650. The van der Waals surface area contributed by atoms with Crippen LogP contribution in [0, 0.1) is 11.8 Å². The van der Waals surface area contributed by atoms with E-state index in [1.165, 1.54) is 14.2 Å². The lowest BCUT2D eigenvalue weighted by atomic mass is 9.65. The normalized spacial score (nSPS) is 20.3. The Morgan fingerprint density at radius 1 is 0.833 bits per heavy atom. The second-order valence-corrected chi connectivity index (χ2v) is 12.1. The van der Waals surface area contributed by atoms with Gasteiger partial charge in [0.25, 0.3) is 0 Å². The molecule has 13 nitrogen and oxygen atoms in total. The standard InChI is InChI=1S/C35H39N3O10/c1-44-27-13-19(14-28(45-2)34(27)41)31-22-15-25-26(48-18-47-25)16-23(22)33(24-17-46-35(42)32(24)31)37-21-11-9-20(10-12-21)36-29(39)7-5-3-4-6-8-30(40)38-43/h9-16,24,31-33,37,41,43H,3-8,17-18H2,1-2H3,(H,36,39)(H,38,40)/t24-,31+,32-,33+/m0/s1. The maximum Gasteiger partial charge on any atom is 0.310 e. The number of benzene rings is 3. The molecule has 1 aliphatic carbocycles. The van der Waals surface area contributed by atoms with Gasteiger partial charge in [-0.3, -0.25) is 19.6 Å². The van der Waals surface area contributed by atoms with Gasteiger partial charge in [-0.25, -0.2) is 5.48 Å². The molecule has 1 saturated heterocycles. The van der Waals surface area contributed by atoms with Crippen molar-refractivity contribution in [2.24, 2.45) is 11.8 Å². The number of aromatic hydroxyl groups is 1. The molecular weight excluding hydrogens is 622 g/mol. The lowest BCUT2D eigenvalue weighted by Crippen LogP contribution is -2.37. The fourth-order valence-corrected chi connectivity index (χ4v) is 6.87. The minimum atomic E-state index is -0.556. The number of amides is 2. The predicted molar refractivity (Wildman–Crippen MR) is 173 cm³/mol. The summed E-state index contributed by atoms with van der Waals surface area (Å²) in [6.07, 6.45) is 3.57. The molecule has 1 fully saturated rings. The van der Waals surface area contributed by atoms with E-state index in [0.29, 0.717) is 36.4 Å². The smallest absolute Gasteiger partial charge is 0.310 e. The molecule has 0 aromatic heterocycles. The maximum atomic E-state index is 13.4. The van der Waals surface area contributed by atoms with Gasteiger partial charge < -0.3 is 39.4 Å². The molecule has 2 aliphatic heterocycles. The number of hydrogen-bond donors (Lipinski definition) is 5. The van der Waals surface area contributed by atoms with Crippen LogP contribution in [0.3, 0.4) is 0 Å². The summed E-state index contributed by atoms with van der Waals surface area (Å²) in [6, 6.07) is 14.4. The fraction of sp³-hybridized carbons (Fsp3) is 0.400. The second kappa shape index (κ2) is 14.3. The van der Waals surface area contributed by atoms with Crippen LogP contribution in [0.2, 0.25) is 0 Å². The van der Waals surface area contributed by atoms with E-state index in [0.717, 1.165) is 35.2 Å². The third kappa shape index (κ3) is 6.63. The number of carbonyl (C=O) groups excluding carboxylic acids is 3. The monoisotopic (exact) mass is 661 g/mol. The summed E-state index contributed by atoms with van der Waals surface area (Å²) < 4.78 is 28.1. The number of hydrogen-bond acceptors (Lipinski definition) is 11. The van der Waals surface area contributed by atoms with Gasteiger partial charge in [-0.1, -0.05) is 12.8 Å². The lowest BCUT2D eigenvalue weighted by Gasteiger charge is -2.40. The number of fused-ring (bicyclic) bond motifs is 3. The molecular formula is C35H39N3O10. The molecule has 6 rings (SSSR count). The first kappa shape index (κ1) is 32.8. The number of ether oxygens (including phenoxy) is 5. The van der Waals surface area contributed by atoms with Crippen molar-refractivity contribution in [2.75, 3.05) is 38.3 Å². The number of phenols is 1. The molecule has 0 radical (unpaired) electrons. The van der Waals surface area contributed by atoms with Crippen molar-refractivity contribution < 1.29 is 48.4 Å². The number of unbranched alkanes of at least 4 members (excludes halogenated alkanes) is 3. The SMILES string of the molecule is COc1cc([C@@H]2c3cc4c(cc3[C@@H](Nc3ccc(NC(=O)CCCCCCC(=O)NO)cc3)[C@H]3COC(=O)[C@H]23)OCO4)cc(OC)c1O.